The van der Waals surface area contributed by atoms with Crippen molar-refractivity contribution in [2.45, 2.75) is 19.1 Å². The van der Waals surface area contributed by atoms with Crippen LogP contribution in [0.2, 0.25) is 5.02 Å². The Balaban J connectivity index is 1.46. The van der Waals surface area contributed by atoms with Crippen LogP contribution in [-0.2, 0) is 16.1 Å². The number of pyridine rings is 1. The highest BCUT2D eigenvalue weighted by atomic mass is 35.5. The number of carbonyl (C=O) groups is 1. The molecule has 0 radical (unpaired) electrons. The quantitative estimate of drug-likeness (QED) is 0.185. The number of nitrogens with one attached hydrogen (secondary N) is 2. The van der Waals surface area contributed by atoms with Crippen molar-refractivity contribution in [1.82, 2.24) is 9.88 Å². The lowest BCUT2D eigenvalue weighted by Gasteiger charge is -2.19. The fourth-order valence-electron chi connectivity index (χ4n) is 4.62. The number of rotatable bonds is 11. The Morgan fingerprint density at radius 1 is 1.20 bits per heavy atom. The highest BCUT2D eigenvalue weighted by Crippen LogP contribution is 2.39. The summed E-state index contributed by atoms with van der Waals surface area (Å²) in [6, 6.07) is 17.2. The molecule has 1 fully saturated rings. The van der Waals surface area contributed by atoms with Crippen molar-refractivity contribution in [3.63, 3.8) is 0 Å². The first kappa shape index (κ1) is 30.8. The number of halogens is 2. The van der Waals surface area contributed by atoms with E-state index in [4.69, 9.17) is 25.8 Å². The minimum atomic E-state index is -0.360. The molecule has 3 aromatic carbocycles. The molecule has 0 aliphatic carbocycles. The molecule has 44 heavy (non-hydrogen) atoms. The summed E-state index contributed by atoms with van der Waals surface area (Å²) >= 11 is 6.52. The van der Waals surface area contributed by atoms with Crippen molar-refractivity contribution in [2.75, 3.05) is 44.5 Å². The molecule has 1 atom stereocenters. The van der Waals surface area contributed by atoms with Gasteiger partial charge in [0, 0.05) is 41.9 Å². The van der Waals surface area contributed by atoms with Crippen molar-refractivity contribution in [1.29, 1.82) is 5.26 Å². The Labute approximate surface area is 259 Å². The molecule has 2 N–H and O–H groups in total. The van der Waals surface area contributed by atoms with Gasteiger partial charge >= 0.3 is 0 Å². The molecule has 4 aromatic rings. The van der Waals surface area contributed by atoms with E-state index in [0.29, 0.717) is 69.8 Å². The van der Waals surface area contributed by atoms with Gasteiger partial charge in [-0.3, -0.25) is 9.78 Å². The number of aromatic nitrogens is 1. The van der Waals surface area contributed by atoms with E-state index < -0.39 is 0 Å². The van der Waals surface area contributed by atoms with Crippen LogP contribution in [0.1, 0.15) is 17.5 Å². The average Bonchev–Trinajstić information content (AvgIpc) is 3.52. The molecule has 1 aromatic heterocycles. The highest BCUT2D eigenvalue weighted by molar-refractivity contribution is 6.32. The normalized spacial score (nSPS) is 14.6. The van der Waals surface area contributed by atoms with Crippen LogP contribution in [0, 0.1) is 17.1 Å². The summed E-state index contributed by atoms with van der Waals surface area (Å²) in [6.45, 7) is 1.66. The van der Waals surface area contributed by atoms with Crippen molar-refractivity contribution in [2.24, 2.45) is 0 Å². The summed E-state index contributed by atoms with van der Waals surface area (Å²) in [6.07, 6.45) is 5.22. The van der Waals surface area contributed by atoms with Crippen LogP contribution < -0.4 is 20.1 Å². The number of nitriles is 1. The summed E-state index contributed by atoms with van der Waals surface area (Å²) in [4.78, 5) is 19.4. The predicted molar refractivity (Wildman–Crippen MR) is 168 cm³/mol. The van der Waals surface area contributed by atoms with Crippen LogP contribution in [0.25, 0.3) is 10.9 Å². The number of hydrogen-bond acceptors (Lipinski definition) is 8. The Morgan fingerprint density at radius 2 is 2.02 bits per heavy atom. The molecule has 11 heteroatoms. The Hall–Kier alpha value is -4.69. The second-order valence-electron chi connectivity index (χ2n) is 10.4. The third kappa shape index (κ3) is 7.44. The first-order valence-electron chi connectivity index (χ1n) is 14.0. The molecule has 5 rings (SSSR count). The maximum atomic E-state index is 14.0. The van der Waals surface area contributed by atoms with Crippen LogP contribution in [0.5, 0.6) is 11.5 Å². The van der Waals surface area contributed by atoms with Crippen LogP contribution in [0.3, 0.4) is 0 Å². The molecule has 0 spiro atoms. The largest absolute Gasteiger partial charge is 0.487 e. The lowest BCUT2D eigenvalue weighted by atomic mass is 10.1. The maximum Gasteiger partial charge on any atom is 0.248 e. The second kappa shape index (κ2) is 14.2. The number of carbonyl (C=O) groups excluding carboxylic acids is 1. The third-order valence-corrected chi connectivity index (χ3v) is 7.13. The molecule has 0 unspecified atom stereocenters. The van der Waals surface area contributed by atoms with Gasteiger partial charge in [-0.15, -0.1) is 0 Å². The number of hydrogen-bond donors (Lipinski definition) is 2. The van der Waals surface area contributed by atoms with E-state index in [1.165, 1.54) is 18.3 Å². The van der Waals surface area contributed by atoms with Gasteiger partial charge in [0.2, 0.25) is 5.91 Å². The van der Waals surface area contributed by atoms with E-state index in [1.54, 1.807) is 54.6 Å². The van der Waals surface area contributed by atoms with Crippen molar-refractivity contribution in [3.8, 4) is 17.6 Å². The van der Waals surface area contributed by atoms with Gasteiger partial charge in [-0.1, -0.05) is 35.9 Å². The number of amides is 1. The van der Waals surface area contributed by atoms with Crippen LogP contribution in [-0.4, -0.2) is 55.7 Å². The smallest absolute Gasteiger partial charge is 0.248 e. The number of likely N-dealkylation sites (N-methyl/N-ethyl adjacent to an activating group) is 1. The van der Waals surface area contributed by atoms with Gasteiger partial charge in [-0.05, 0) is 50.5 Å². The van der Waals surface area contributed by atoms with E-state index in [0.717, 1.165) is 6.42 Å². The minimum absolute atomic E-state index is 0.0168. The van der Waals surface area contributed by atoms with Gasteiger partial charge in [0.15, 0.2) is 0 Å². The molecule has 1 amide bonds. The number of nitrogens with zero attached hydrogens (tertiary/aromatic N) is 3. The Kier molecular flexibility index (Phi) is 9.92. The zero-order valence-electron chi connectivity index (χ0n) is 24.3. The second-order valence-corrected chi connectivity index (χ2v) is 10.8. The third-order valence-electron chi connectivity index (χ3n) is 6.83. The van der Waals surface area contributed by atoms with Gasteiger partial charge in [0.25, 0.3) is 0 Å². The summed E-state index contributed by atoms with van der Waals surface area (Å²) < 4.78 is 31.4. The number of anilines is 3. The van der Waals surface area contributed by atoms with E-state index in [-0.39, 0.29) is 30.0 Å². The van der Waals surface area contributed by atoms with Gasteiger partial charge in [0.1, 0.15) is 41.8 Å². The molecular formula is C33H31ClFN5O4. The van der Waals surface area contributed by atoms with Gasteiger partial charge in [-0.25, -0.2) is 4.39 Å². The molecule has 0 saturated carbocycles. The van der Waals surface area contributed by atoms with Crippen molar-refractivity contribution >= 4 is 45.5 Å². The molecular weight excluding hydrogens is 585 g/mol. The zero-order chi connectivity index (χ0) is 31.1. The fraction of sp³-hybridized carbons (Fsp3) is 0.242. The zero-order valence-corrected chi connectivity index (χ0v) is 25.0. The first-order valence-corrected chi connectivity index (χ1v) is 14.4. The van der Waals surface area contributed by atoms with Crippen molar-refractivity contribution < 1.29 is 23.4 Å². The molecule has 1 aliphatic heterocycles. The summed E-state index contributed by atoms with van der Waals surface area (Å²) in [5.41, 5.74) is 2.58. The molecule has 9 nitrogen and oxygen atoms in total. The van der Waals surface area contributed by atoms with E-state index in [1.807, 2.05) is 19.0 Å². The van der Waals surface area contributed by atoms with Crippen LogP contribution >= 0.6 is 11.6 Å². The topological polar surface area (TPSA) is 109 Å². The molecule has 226 valence electrons. The lowest BCUT2D eigenvalue weighted by Crippen LogP contribution is -2.18. The summed E-state index contributed by atoms with van der Waals surface area (Å²) in [5.74, 6) is 0.126. The predicted octanol–water partition coefficient (Wildman–Crippen LogP) is 6.45. The maximum absolute atomic E-state index is 14.0. The lowest BCUT2D eigenvalue weighted by molar-refractivity contribution is -0.111. The number of benzene rings is 3. The summed E-state index contributed by atoms with van der Waals surface area (Å²) in [7, 11) is 3.82. The molecule has 1 aliphatic rings. The van der Waals surface area contributed by atoms with E-state index in [2.05, 4.69) is 21.7 Å². The fourth-order valence-corrected chi connectivity index (χ4v) is 4.85. The van der Waals surface area contributed by atoms with Crippen molar-refractivity contribution in [3.05, 3.63) is 94.9 Å². The monoisotopic (exact) mass is 615 g/mol. The molecule has 1 saturated heterocycles. The first-order chi connectivity index (χ1) is 21.3. The molecule has 2 heterocycles. The SMILES string of the molecule is CN(C)C/C=C/C(=O)Nc1c(O[C@H]2CCOC2)ccc2c(Nc3ccc(OCc4ccccc4F)c(Cl)c3)c(C#N)cnc12. The summed E-state index contributed by atoms with van der Waals surface area (Å²) in [5, 5.41) is 17.0. The van der Waals surface area contributed by atoms with E-state index in [9.17, 15) is 14.4 Å². The molecule has 0 bridgehead atoms. The average molecular weight is 616 g/mol. The van der Waals surface area contributed by atoms with Gasteiger partial charge < -0.3 is 29.7 Å². The minimum Gasteiger partial charge on any atom is -0.487 e. The Morgan fingerprint density at radius 3 is 2.75 bits per heavy atom. The standard InChI is InChI=1S/C33H31ClFN5O4/c1-40(2)14-5-8-30(41)39-33-29(44-24-13-15-42-20-24)12-10-25-31(22(17-36)18-37-32(25)33)38-23-9-11-28(26(34)16-23)43-19-21-6-3-4-7-27(21)35/h3-12,16,18,24H,13-15,19-20H2,1-2H3,(H,37,38)(H,39,41)/b8-5+/t24-/m0/s1. The number of ether oxygens (including phenoxy) is 3. The van der Waals surface area contributed by atoms with Crippen LogP contribution in [0.15, 0.2) is 72.9 Å². The highest BCUT2D eigenvalue weighted by Gasteiger charge is 2.22. The van der Waals surface area contributed by atoms with Crippen LogP contribution in [0.4, 0.5) is 21.5 Å². The van der Waals surface area contributed by atoms with Gasteiger partial charge in [0.05, 0.1) is 35.0 Å². The number of fused-ring (bicyclic) bond motifs is 1. The van der Waals surface area contributed by atoms with E-state index >= 15 is 0 Å². The van der Waals surface area contributed by atoms with Gasteiger partial charge in [-0.2, -0.15) is 5.26 Å². The Bertz CT molecular complexity index is 1730.